The molecule has 0 aromatic rings. The predicted octanol–water partition coefficient (Wildman–Crippen LogP) is 3.09. The largest absolute Gasteiger partial charge is 0.392 e. The molecule has 1 saturated heterocycles. The Morgan fingerprint density at radius 3 is 2.38 bits per heavy atom. The summed E-state index contributed by atoms with van der Waals surface area (Å²) in [4.78, 5) is 14.4. The molecule has 122 valence electrons. The quantitative estimate of drug-likeness (QED) is 0.852. The highest BCUT2D eigenvalue weighted by atomic mass is 19.4. The van der Waals surface area contributed by atoms with Crippen LogP contribution in [0.25, 0.3) is 0 Å². The normalized spacial score (nSPS) is 31.8. The Hall–Kier alpha value is -0.780. The summed E-state index contributed by atoms with van der Waals surface area (Å²) in [7, 11) is 0. The Morgan fingerprint density at radius 1 is 1.05 bits per heavy atom. The van der Waals surface area contributed by atoms with E-state index in [4.69, 9.17) is 5.73 Å². The minimum atomic E-state index is -4.27. The van der Waals surface area contributed by atoms with Gasteiger partial charge in [-0.3, -0.25) is 4.79 Å². The van der Waals surface area contributed by atoms with Crippen LogP contribution in [0.1, 0.15) is 51.4 Å². The van der Waals surface area contributed by atoms with Crippen molar-refractivity contribution >= 4 is 5.91 Å². The third-order valence-electron chi connectivity index (χ3n) is 4.94. The fraction of sp³-hybridized carbons (Fsp3) is 0.933. The number of likely N-dealkylation sites (tertiary alicyclic amines) is 1. The molecule has 2 fully saturated rings. The van der Waals surface area contributed by atoms with Crippen LogP contribution in [0.4, 0.5) is 13.2 Å². The van der Waals surface area contributed by atoms with Gasteiger partial charge in [-0.2, -0.15) is 13.2 Å². The molecule has 1 aliphatic carbocycles. The van der Waals surface area contributed by atoms with Gasteiger partial charge in [0.05, 0.1) is 5.92 Å². The average Bonchev–Trinajstić information content (AvgIpc) is 2.70. The van der Waals surface area contributed by atoms with E-state index in [0.717, 1.165) is 25.7 Å². The number of nitrogens with two attached hydrogens (primary N) is 1. The van der Waals surface area contributed by atoms with Crippen molar-refractivity contribution < 1.29 is 18.0 Å². The van der Waals surface area contributed by atoms with Gasteiger partial charge in [-0.25, -0.2) is 0 Å². The number of rotatable bonds is 2. The van der Waals surface area contributed by atoms with Crippen molar-refractivity contribution in [3.63, 3.8) is 0 Å². The van der Waals surface area contributed by atoms with E-state index in [9.17, 15) is 18.0 Å². The van der Waals surface area contributed by atoms with Crippen molar-refractivity contribution in [1.82, 2.24) is 4.90 Å². The summed E-state index contributed by atoms with van der Waals surface area (Å²) in [5, 5.41) is 0. The zero-order chi connectivity index (χ0) is 15.5. The minimum absolute atomic E-state index is 0.0844. The molecule has 1 heterocycles. The zero-order valence-corrected chi connectivity index (χ0v) is 12.4. The maximum atomic E-state index is 13.2. The van der Waals surface area contributed by atoms with Crippen LogP contribution >= 0.6 is 0 Å². The first-order valence-corrected chi connectivity index (χ1v) is 8.02. The van der Waals surface area contributed by atoms with E-state index in [-0.39, 0.29) is 18.4 Å². The van der Waals surface area contributed by atoms with Crippen molar-refractivity contribution in [3.05, 3.63) is 0 Å². The van der Waals surface area contributed by atoms with Crippen LogP contribution in [0.2, 0.25) is 0 Å². The molecule has 1 amide bonds. The standard InChI is InChI=1S/C15H25F3N2O/c16-15(17,18)13-8-4-3-7-12(13)14(21)20-9-5-1-2-6-11(20)10-19/h11-13H,1-10,19H2. The lowest BCUT2D eigenvalue weighted by molar-refractivity contribution is -0.201. The maximum absolute atomic E-state index is 13.2. The van der Waals surface area contributed by atoms with E-state index in [0.29, 0.717) is 32.4 Å². The number of halogens is 3. The van der Waals surface area contributed by atoms with Gasteiger partial charge >= 0.3 is 6.18 Å². The van der Waals surface area contributed by atoms with Gasteiger partial charge in [0.25, 0.3) is 0 Å². The van der Waals surface area contributed by atoms with Gasteiger partial charge in [0.2, 0.25) is 5.91 Å². The first-order chi connectivity index (χ1) is 9.95. The number of amides is 1. The van der Waals surface area contributed by atoms with E-state index in [2.05, 4.69) is 0 Å². The van der Waals surface area contributed by atoms with Crippen LogP contribution < -0.4 is 5.73 Å². The van der Waals surface area contributed by atoms with E-state index < -0.39 is 18.0 Å². The molecule has 1 aliphatic heterocycles. The molecular formula is C15H25F3N2O. The molecule has 0 bridgehead atoms. The second-order valence-electron chi connectivity index (χ2n) is 6.31. The molecule has 2 aliphatic rings. The van der Waals surface area contributed by atoms with Gasteiger partial charge in [0, 0.05) is 25.0 Å². The van der Waals surface area contributed by atoms with Crippen molar-refractivity contribution in [2.75, 3.05) is 13.1 Å². The van der Waals surface area contributed by atoms with E-state index in [1.807, 2.05) is 0 Å². The van der Waals surface area contributed by atoms with Gasteiger partial charge < -0.3 is 10.6 Å². The Kier molecular flexibility index (Phi) is 5.52. The highest BCUT2D eigenvalue weighted by molar-refractivity contribution is 5.79. The van der Waals surface area contributed by atoms with Crippen LogP contribution in [-0.2, 0) is 4.79 Å². The van der Waals surface area contributed by atoms with Gasteiger partial charge in [-0.1, -0.05) is 25.7 Å². The predicted molar refractivity (Wildman–Crippen MR) is 74.5 cm³/mol. The van der Waals surface area contributed by atoms with Gasteiger partial charge in [0.1, 0.15) is 0 Å². The van der Waals surface area contributed by atoms with E-state index in [1.54, 1.807) is 4.90 Å². The molecule has 21 heavy (non-hydrogen) atoms. The summed E-state index contributed by atoms with van der Waals surface area (Å²) in [6, 6.07) is -0.0872. The third-order valence-corrected chi connectivity index (χ3v) is 4.94. The highest BCUT2D eigenvalue weighted by Gasteiger charge is 2.49. The van der Waals surface area contributed by atoms with Gasteiger partial charge in [-0.05, 0) is 25.7 Å². The van der Waals surface area contributed by atoms with Crippen molar-refractivity contribution in [3.8, 4) is 0 Å². The lowest BCUT2D eigenvalue weighted by atomic mass is 9.77. The average molecular weight is 306 g/mol. The molecule has 0 radical (unpaired) electrons. The Labute approximate surface area is 124 Å². The zero-order valence-electron chi connectivity index (χ0n) is 12.4. The summed E-state index contributed by atoms with van der Waals surface area (Å²) in [5.41, 5.74) is 5.73. The van der Waals surface area contributed by atoms with Crippen LogP contribution in [0.3, 0.4) is 0 Å². The summed E-state index contributed by atoms with van der Waals surface area (Å²) in [5.74, 6) is -2.68. The number of hydrogen-bond acceptors (Lipinski definition) is 2. The molecule has 3 nitrogen and oxygen atoms in total. The Balaban J connectivity index is 2.15. The lowest BCUT2D eigenvalue weighted by Crippen LogP contribution is -2.50. The SMILES string of the molecule is NCC1CCCCCN1C(=O)C1CCCCC1C(F)(F)F. The molecule has 0 aromatic heterocycles. The van der Waals surface area contributed by atoms with Crippen LogP contribution in [-0.4, -0.2) is 36.1 Å². The smallest absolute Gasteiger partial charge is 0.338 e. The Bertz CT molecular complexity index is 359. The molecule has 3 unspecified atom stereocenters. The van der Waals surface area contributed by atoms with Crippen LogP contribution in [0.5, 0.6) is 0 Å². The minimum Gasteiger partial charge on any atom is -0.338 e. The highest BCUT2D eigenvalue weighted by Crippen LogP contribution is 2.42. The number of alkyl halides is 3. The fourth-order valence-electron chi connectivity index (χ4n) is 3.74. The second kappa shape index (κ2) is 6.99. The maximum Gasteiger partial charge on any atom is 0.392 e. The van der Waals surface area contributed by atoms with Crippen molar-refractivity contribution in [2.24, 2.45) is 17.6 Å². The van der Waals surface area contributed by atoms with Crippen LogP contribution in [0, 0.1) is 11.8 Å². The summed E-state index contributed by atoms with van der Waals surface area (Å²) < 4.78 is 39.5. The molecule has 6 heteroatoms. The first kappa shape index (κ1) is 16.6. The van der Waals surface area contributed by atoms with Gasteiger partial charge in [0.15, 0.2) is 0 Å². The number of carbonyl (C=O) groups excluding carboxylic acids is 1. The molecular weight excluding hydrogens is 281 g/mol. The number of nitrogens with zero attached hydrogens (tertiary/aromatic N) is 1. The van der Waals surface area contributed by atoms with E-state index >= 15 is 0 Å². The lowest BCUT2D eigenvalue weighted by Gasteiger charge is -2.38. The first-order valence-electron chi connectivity index (χ1n) is 8.02. The monoisotopic (exact) mass is 306 g/mol. The molecule has 3 atom stereocenters. The third kappa shape index (κ3) is 3.90. The summed E-state index contributed by atoms with van der Waals surface area (Å²) in [6.45, 7) is 0.900. The second-order valence-corrected chi connectivity index (χ2v) is 6.31. The summed E-state index contributed by atoms with van der Waals surface area (Å²) in [6.07, 6.45) is 1.14. The molecule has 2 N–H and O–H groups in total. The van der Waals surface area contributed by atoms with E-state index in [1.165, 1.54) is 0 Å². The number of carbonyl (C=O) groups is 1. The molecule has 0 aromatic carbocycles. The Morgan fingerprint density at radius 2 is 1.71 bits per heavy atom. The molecule has 2 rings (SSSR count). The molecule has 1 saturated carbocycles. The van der Waals surface area contributed by atoms with Crippen LogP contribution in [0.15, 0.2) is 0 Å². The topological polar surface area (TPSA) is 46.3 Å². The molecule has 0 spiro atoms. The van der Waals surface area contributed by atoms with Crippen molar-refractivity contribution in [1.29, 1.82) is 0 Å². The van der Waals surface area contributed by atoms with Crippen molar-refractivity contribution in [2.45, 2.75) is 63.6 Å². The fourth-order valence-corrected chi connectivity index (χ4v) is 3.74. The number of hydrogen-bond donors (Lipinski definition) is 1. The van der Waals surface area contributed by atoms with Gasteiger partial charge in [-0.15, -0.1) is 0 Å². The summed E-state index contributed by atoms with van der Waals surface area (Å²) >= 11 is 0.